The second-order valence-electron chi connectivity index (χ2n) is 6.31. The van der Waals surface area contributed by atoms with Crippen LogP contribution >= 0.6 is 0 Å². The molecule has 2 N–H and O–H groups in total. The number of hydrogen-bond donors (Lipinski definition) is 1. The Morgan fingerprint density at radius 1 is 1.42 bits per heavy atom. The van der Waals surface area contributed by atoms with E-state index in [0.29, 0.717) is 6.42 Å². The van der Waals surface area contributed by atoms with Crippen molar-refractivity contribution in [2.24, 2.45) is 5.73 Å². The number of hydrogen-bond acceptors (Lipinski definition) is 5. The van der Waals surface area contributed by atoms with Crippen molar-refractivity contribution >= 4 is 5.97 Å². The molecule has 0 aromatic rings. The molecular weight excluding hydrogens is 246 g/mol. The molecule has 5 nitrogen and oxygen atoms in total. The third-order valence-electron chi connectivity index (χ3n) is 2.59. The maximum atomic E-state index is 11.9. The zero-order valence-corrected chi connectivity index (χ0v) is 12.5. The molecule has 0 unspecified atom stereocenters. The largest absolute Gasteiger partial charge is 0.460 e. The molecule has 0 amide bonds. The summed E-state index contributed by atoms with van der Waals surface area (Å²) >= 11 is 0. The highest BCUT2D eigenvalue weighted by molar-refractivity contribution is 5.70. The minimum Gasteiger partial charge on any atom is -0.460 e. The first-order valence-electron chi connectivity index (χ1n) is 7.62. The molecule has 0 saturated carbocycles. The molecule has 0 bridgehead atoms. The average Bonchev–Trinajstić information content (AvgIpc) is 2.06. The van der Waals surface area contributed by atoms with Gasteiger partial charge in [-0.25, -0.2) is 0 Å². The monoisotopic (exact) mass is 275 g/mol. The summed E-state index contributed by atoms with van der Waals surface area (Å²) in [5, 5.41) is 0. The minimum atomic E-state index is -1.81. The smallest absolute Gasteiger partial charge is 0.308 e. The average molecular weight is 275 g/mol. The fourth-order valence-corrected chi connectivity index (χ4v) is 2.17. The highest BCUT2D eigenvalue weighted by Gasteiger charge is 2.36. The van der Waals surface area contributed by atoms with E-state index in [2.05, 4.69) is 0 Å². The maximum Gasteiger partial charge on any atom is 0.308 e. The summed E-state index contributed by atoms with van der Waals surface area (Å²) in [6, 6.07) is 0. The fourth-order valence-electron chi connectivity index (χ4n) is 2.17. The lowest BCUT2D eigenvalue weighted by Gasteiger charge is -2.40. The Morgan fingerprint density at radius 2 is 2.00 bits per heavy atom. The second kappa shape index (κ2) is 6.20. The molecule has 0 aromatic heterocycles. The standard InChI is InChI=1S/C14H27NO4/c1-13(2,3)19-12(16)9-11-8-10(6-7-15)17-14(4,5)18-11/h10-11H,6-9,15H2,1-5H3/t10-,11-/m1/s1/i7D2. The summed E-state index contributed by atoms with van der Waals surface area (Å²) in [4.78, 5) is 11.9. The first-order chi connectivity index (χ1) is 9.26. The predicted octanol–water partition coefficient (Wildman–Crippen LogP) is 1.98. The molecule has 1 heterocycles. The first kappa shape index (κ1) is 13.3. The third-order valence-corrected chi connectivity index (χ3v) is 2.59. The number of esters is 1. The summed E-state index contributed by atoms with van der Waals surface area (Å²) in [6.45, 7) is 7.11. The van der Waals surface area contributed by atoms with Gasteiger partial charge in [0.1, 0.15) is 5.60 Å². The number of carbonyl (C=O) groups is 1. The molecule has 0 spiro atoms. The van der Waals surface area contributed by atoms with Gasteiger partial charge in [0.25, 0.3) is 0 Å². The highest BCUT2D eigenvalue weighted by Crippen LogP contribution is 2.30. The van der Waals surface area contributed by atoms with E-state index in [1.54, 1.807) is 13.8 Å². The Labute approximate surface area is 118 Å². The number of nitrogens with two attached hydrogens (primary N) is 1. The van der Waals surface area contributed by atoms with Crippen molar-refractivity contribution in [3.8, 4) is 0 Å². The van der Waals surface area contributed by atoms with E-state index < -0.39 is 17.9 Å². The van der Waals surface area contributed by atoms with Crippen LogP contribution in [0.4, 0.5) is 0 Å². The molecule has 1 rings (SSSR count). The minimum absolute atomic E-state index is 0.0601. The lowest BCUT2D eigenvalue weighted by Crippen LogP contribution is -2.46. The van der Waals surface area contributed by atoms with Gasteiger partial charge in [0.2, 0.25) is 0 Å². The highest BCUT2D eigenvalue weighted by atomic mass is 16.7. The van der Waals surface area contributed by atoms with Gasteiger partial charge in [-0.05, 0) is 47.5 Å². The SMILES string of the molecule is [2H]C([2H])(N)C[C@@H]1C[C@H](CC(=O)OC(C)(C)C)OC(C)(C)O1. The Balaban J connectivity index is 2.63. The molecule has 19 heavy (non-hydrogen) atoms. The normalized spacial score (nSPS) is 29.4. The van der Waals surface area contributed by atoms with Crippen molar-refractivity contribution in [3.63, 3.8) is 0 Å². The maximum absolute atomic E-state index is 11.9. The summed E-state index contributed by atoms with van der Waals surface area (Å²) in [7, 11) is 0. The van der Waals surface area contributed by atoms with Gasteiger partial charge in [0, 0.05) is 9.16 Å². The molecule has 5 heteroatoms. The van der Waals surface area contributed by atoms with Gasteiger partial charge in [0.05, 0.1) is 18.6 Å². The quantitative estimate of drug-likeness (QED) is 0.794. The van der Waals surface area contributed by atoms with Crippen LogP contribution in [-0.2, 0) is 19.0 Å². The molecule has 0 radical (unpaired) electrons. The fraction of sp³-hybridized carbons (Fsp3) is 0.929. The molecule has 1 saturated heterocycles. The summed E-state index contributed by atoms with van der Waals surface area (Å²) in [6.07, 6.45) is -0.157. The summed E-state index contributed by atoms with van der Waals surface area (Å²) in [5.41, 5.74) is 4.87. The van der Waals surface area contributed by atoms with Crippen molar-refractivity contribution in [1.82, 2.24) is 0 Å². The van der Waals surface area contributed by atoms with Gasteiger partial charge in [-0.15, -0.1) is 0 Å². The summed E-state index contributed by atoms with van der Waals surface area (Å²) < 4.78 is 31.6. The van der Waals surface area contributed by atoms with Crippen LogP contribution in [0, 0.1) is 0 Å². The van der Waals surface area contributed by atoms with Crippen LogP contribution in [0.2, 0.25) is 0 Å². The lowest BCUT2D eigenvalue weighted by molar-refractivity contribution is -0.300. The Bertz CT molecular complexity index is 372. The van der Waals surface area contributed by atoms with Crippen LogP contribution in [0.1, 0.15) is 56.6 Å². The van der Waals surface area contributed by atoms with Crippen molar-refractivity contribution in [2.75, 3.05) is 6.50 Å². The van der Waals surface area contributed by atoms with Crippen molar-refractivity contribution < 1.29 is 21.7 Å². The van der Waals surface area contributed by atoms with E-state index in [1.165, 1.54) is 0 Å². The number of carbonyl (C=O) groups excluding carboxylic acids is 1. The van der Waals surface area contributed by atoms with E-state index in [0.717, 1.165) is 0 Å². The first-order valence-corrected chi connectivity index (χ1v) is 6.62. The van der Waals surface area contributed by atoms with Crippen molar-refractivity contribution in [3.05, 3.63) is 0 Å². The predicted molar refractivity (Wildman–Crippen MR) is 72.6 cm³/mol. The molecule has 1 aliphatic heterocycles. The molecule has 2 atom stereocenters. The van der Waals surface area contributed by atoms with Gasteiger partial charge < -0.3 is 19.9 Å². The van der Waals surface area contributed by atoms with Crippen LogP contribution in [0.25, 0.3) is 0 Å². The molecule has 112 valence electrons. The number of rotatable bonds is 4. The van der Waals surface area contributed by atoms with Gasteiger partial charge in [0.15, 0.2) is 5.79 Å². The zero-order chi connectivity index (χ0) is 16.5. The van der Waals surface area contributed by atoms with Crippen molar-refractivity contribution in [1.29, 1.82) is 0 Å². The van der Waals surface area contributed by atoms with E-state index in [-0.39, 0.29) is 31.0 Å². The van der Waals surface area contributed by atoms with Crippen LogP contribution < -0.4 is 5.73 Å². The Kier molecular flexibility index (Phi) is 4.35. The second-order valence-corrected chi connectivity index (χ2v) is 6.31. The topological polar surface area (TPSA) is 70.8 Å². The van der Waals surface area contributed by atoms with Crippen LogP contribution in [0.15, 0.2) is 0 Å². The lowest BCUT2D eigenvalue weighted by atomic mass is 10.0. The van der Waals surface area contributed by atoms with Gasteiger partial charge in [-0.2, -0.15) is 0 Å². The third kappa shape index (κ3) is 6.36. The zero-order valence-electron chi connectivity index (χ0n) is 14.5. The van der Waals surface area contributed by atoms with E-state index in [4.69, 9.17) is 22.7 Å². The Hall–Kier alpha value is -0.650. The van der Waals surface area contributed by atoms with E-state index in [1.807, 2.05) is 20.8 Å². The van der Waals surface area contributed by atoms with Gasteiger partial charge >= 0.3 is 5.97 Å². The summed E-state index contributed by atoms with van der Waals surface area (Å²) in [5.74, 6) is -1.21. The van der Waals surface area contributed by atoms with Crippen LogP contribution in [0.5, 0.6) is 0 Å². The van der Waals surface area contributed by atoms with Gasteiger partial charge in [-0.1, -0.05) is 0 Å². The molecule has 0 aromatic carbocycles. The Morgan fingerprint density at radius 3 is 2.53 bits per heavy atom. The van der Waals surface area contributed by atoms with Gasteiger partial charge in [-0.3, -0.25) is 4.79 Å². The molecule has 1 fully saturated rings. The van der Waals surface area contributed by atoms with E-state index in [9.17, 15) is 4.79 Å². The number of ether oxygens (including phenoxy) is 3. The molecule has 0 aliphatic carbocycles. The van der Waals surface area contributed by atoms with Crippen LogP contribution in [0.3, 0.4) is 0 Å². The molecule has 1 aliphatic rings. The van der Waals surface area contributed by atoms with Crippen LogP contribution in [-0.4, -0.2) is 36.1 Å². The molecular formula is C14H27NO4. The van der Waals surface area contributed by atoms with E-state index >= 15 is 0 Å². The van der Waals surface area contributed by atoms with Crippen molar-refractivity contribution in [2.45, 2.75) is 77.5 Å².